The molecule has 5 nitrogen and oxygen atoms in total. The van der Waals surface area contributed by atoms with Crippen LogP contribution in [0.3, 0.4) is 0 Å². The Balaban J connectivity index is 1.87. The first kappa shape index (κ1) is 13.5. The van der Waals surface area contributed by atoms with E-state index < -0.39 is 0 Å². The molecular formula is C14H18N4OS. The van der Waals surface area contributed by atoms with Gasteiger partial charge in [0.1, 0.15) is 12.1 Å². The predicted octanol–water partition coefficient (Wildman–Crippen LogP) is 1.80. The van der Waals surface area contributed by atoms with Gasteiger partial charge in [-0.15, -0.1) is 10.2 Å². The zero-order chi connectivity index (χ0) is 14.1. The fraction of sp³-hybridized carbons (Fsp3) is 0.429. The molecule has 1 aliphatic rings. The molecule has 0 bridgehead atoms. The SMILES string of the molecule is CNC1c2cc(OC)ccc2CC1Sc1nncn1C. The number of nitrogens with one attached hydrogen (secondary N) is 1. The number of ether oxygens (including phenoxy) is 1. The van der Waals surface area contributed by atoms with Gasteiger partial charge in [-0.1, -0.05) is 17.8 Å². The molecule has 0 aliphatic heterocycles. The Morgan fingerprint density at radius 2 is 2.30 bits per heavy atom. The van der Waals surface area contributed by atoms with Crippen molar-refractivity contribution in [2.24, 2.45) is 7.05 Å². The first-order valence-corrected chi connectivity index (χ1v) is 7.45. The lowest BCUT2D eigenvalue weighted by molar-refractivity contribution is 0.413. The topological polar surface area (TPSA) is 52.0 Å². The van der Waals surface area contributed by atoms with Gasteiger partial charge in [0.25, 0.3) is 0 Å². The molecule has 20 heavy (non-hydrogen) atoms. The van der Waals surface area contributed by atoms with Gasteiger partial charge in [0.2, 0.25) is 0 Å². The van der Waals surface area contributed by atoms with E-state index in [-0.39, 0.29) is 0 Å². The lowest BCUT2D eigenvalue weighted by atomic mass is 10.1. The van der Waals surface area contributed by atoms with E-state index in [1.807, 2.05) is 24.7 Å². The summed E-state index contributed by atoms with van der Waals surface area (Å²) in [4.78, 5) is 0. The zero-order valence-corrected chi connectivity index (χ0v) is 12.6. The third-order valence-corrected chi connectivity index (χ3v) is 5.04. The van der Waals surface area contributed by atoms with Crippen molar-refractivity contribution in [1.82, 2.24) is 20.1 Å². The van der Waals surface area contributed by atoms with Crippen molar-refractivity contribution in [3.8, 4) is 5.75 Å². The molecule has 2 unspecified atom stereocenters. The Hall–Kier alpha value is -1.53. The van der Waals surface area contributed by atoms with Crippen LogP contribution in [0.4, 0.5) is 0 Å². The summed E-state index contributed by atoms with van der Waals surface area (Å²) in [5.74, 6) is 0.910. The standard InChI is InChI=1S/C14H18N4OS/c1-15-13-11-7-10(19-3)5-4-9(11)6-12(13)20-14-17-16-8-18(14)2/h4-5,7-8,12-13,15H,6H2,1-3H3. The van der Waals surface area contributed by atoms with E-state index in [4.69, 9.17) is 4.74 Å². The maximum absolute atomic E-state index is 5.33. The van der Waals surface area contributed by atoms with Gasteiger partial charge in [-0.2, -0.15) is 0 Å². The molecule has 2 atom stereocenters. The van der Waals surface area contributed by atoms with Crippen molar-refractivity contribution in [3.05, 3.63) is 35.7 Å². The average molecular weight is 290 g/mol. The third kappa shape index (κ3) is 2.29. The van der Waals surface area contributed by atoms with Crippen LogP contribution in [-0.4, -0.2) is 34.2 Å². The molecule has 1 heterocycles. The Kier molecular flexibility index (Phi) is 3.67. The van der Waals surface area contributed by atoms with E-state index in [1.165, 1.54) is 11.1 Å². The minimum atomic E-state index is 0.307. The second kappa shape index (κ2) is 5.46. The van der Waals surface area contributed by atoms with Crippen LogP contribution in [0.5, 0.6) is 5.75 Å². The molecule has 0 saturated carbocycles. The van der Waals surface area contributed by atoms with Crippen LogP contribution in [0.25, 0.3) is 0 Å². The number of aromatic nitrogens is 3. The van der Waals surface area contributed by atoms with Gasteiger partial charge in [0.05, 0.1) is 7.11 Å². The van der Waals surface area contributed by atoms with Crippen molar-refractivity contribution in [1.29, 1.82) is 0 Å². The monoisotopic (exact) mass is 290 g/mol. The average Bonchev–Trinajstić information content (AvgIpc) is 3.02. The van der Waals surface area contributed by atoms with Crippen molar-refractivity contribution >= 4 is 11.8 Å². The zero-order valence-electron chi connectivity index (χ0n) is 11.8. The molecule has 1 aliphatic carbocycles. The second-order valence-electron chi connectivity index (χ2n) is 4.92. The van der Waals surface area contributed by atoms with Gasteiger partial charge in [0.15, 0.2) is 5.16 Å². The maximum Gasteiger partial charge on any atom is 0.191 e. The van der Waals surface area contributed by atoms with Gasteiger partial charge in [0, 0.05) is 18.3 Å². The molecule has 1 N–H and O–H groups in total. The van der Waals surface area contributed by atoms with Crippen LogP contribution >= 0.6 is 11.8 Å². The number of fused-ring (bicyclic) bond motifs is 1. The van der Waals surface area contributed by atoms with Crippen LogP contribution in [0.2, 0.25) is 0 Å². The summed E-state index contributed by atoms with van der Waals surface area (Å²) in [7, 11) is 5.68. The summed E-state index contributed by atoms with van der Waals surface area (Å²) < 4.78 is 7.29. The molecule has 1 aromatic carbocycles. The molecule has 106 valence electrons. The quantitative estimate of drug-likeness (QED) is 0.930. The van der Waals surface area contributed by atoms with Crippen molar-refractivity contribution < 1.29 is 4.74 Å². The highest BCUT2D eigenvalue weighted by molar-refractivity contribution is 7.99. The minimum Gasteiger partial charge on any atom is -0.497 e. The third-order valence-electron chi connectivity index (χ3n) is 3.72. The highest BCUT2D eigenvalue weighted by Gasteiger charge is 2.33. The van der Waals surface area contributed by atoms with E-state index in [1.54, 1.807) is 25.2 Å². The molecule has 1 aromatic heterocycles. The van der Waals surface area contributed by atoms with Crippen LogP contribution in [0.15, 0.2) is 29.7 Å². The Labute approximate surface area is 122 Å². The highest BCUT2D eigenvalue weighted by Crippen LogP contribution is 2.41. The molecule has 0 amide bonds. The number of aryl methyl sites for hydroxylation is 1. The molecule has 6 heteroatoms. The lowest BCUT2D eigenvalue weighted by Gasteiger charge is -2.19. The fourth-order valence-electron chi connectivity index (χ4n) is 2.68. The molecule has 3 rings (SSSR count). The Bertz CT molecular complexity index is 613. The second-order valence-corrected chi connectivity index (χ2v) is 6.12. The summed E-state index contributed by atoms with van der Waals surface area (Å²) >= 11 is 1.77. The van der Waals surface area contributed by atoms with E-state index in [0.29, 0.717) is 11.3 Å². The van der Waals surface area contributed by atoms with E-state index in [0.717, 1.165) is 17.3 Å². The van der Waals surface area contributed by atoms with E-state index in [9.17, 15) is 0 Å². The van der Waals surface area contributed by atoms with Gasteiger partial charge in [-0.05, 0) is 36.7 Å². The summed E-state index contributed by atoms with van der Waals surface area (Å²) in [5, 5.41) is 12.9. The fourth-order valence-corrected chi connectivity index (χ4v) is 3.94. The summed E-state index contributed by atoms with van der Waals surface area (Å²) in [5.41, 5.74) is 2.70. The predicted molar refractivity (Wildman–Crippen MR) is 79.1 cm³/mol. The van der Waals surface area contributed by atoms with Crippen LogP contribution in [-0.2, 0) is 13.5 Å². The summed E-state index contributed by atoms with van der Waals surface area (Å²) in [6.45, 7) is 0. The number of thioether (sulfide) groups is 1. The summed E-state index contributed by atoms with van der Waals surface area (Å²) in [6, 6.07) is 6.63. The molecular weight excluding hydrogens is 272 g/mol. The number of hydrogen-bond donors (Lipinski definition) is 1. The first-order valence-electron chi connectivity index (χ1n) is 6.57. The van der Waals surface area contributed by atoms with Crippen molar-refractivity contribution in [2.45, 2.75) is 22.9 Å². The Morgan fingerprint density at radius 3 is 2.95 bits per heavy atom. The van der Waals surface area contributed by atoms with Gasteiger partial charge in [-0.3, -0.25) is 0 Å². The number of rotatable bonds is 4. The molecule has 0 radical (unpaired) electrons. The van der Waals surface area contributed by atoms with Gasteiger partial charge in [-0.25, -0.2) is 0 Å². The van der Waals surface area contributed by atoms with Crippen LogP contribution < -0.4 is 10.1 Å². The molecule has 2 aromatic rings. The normalized spacial score (nSPS) is 20.9. The number of methoxy groups -OCH3 is 1. The number of benzene rings is 1. The Morgan fingerprint density at radius 1 is 1.45 bits per heavy atom. The lowest BCUT2D eigenvalue weighted by Crippen LogP contribution is -2.23. The highest BCUT2D eigenvalue weighted by atomic mass is 32.2. The molecule has 0 spiro atoms. The smallest absolute Gasteiger partial charge is 0.191 e. The van der Waals surface area contributed by atoms with E-state index in [2.05, 4.69) is 27.6 Å². The summed E-state index contributed by atoms with van der Waals surface area (Å²) in [6.07, 6.45) is 2.77. The maximum atomic E-state index is 5.33. The minimum absolute atomic E-state index is 0.307. The largest absolute Gasteiger partial charge is 0.497 e. The number of nitrogens with zero attached hydrogens (tertiary/aromatic N) is 3. The van der Waals surface area contributed by atoms with Crippen molar-refractivity contribution in [3.63, 3.8) is 0 Å². The van der Waals surface area contributed by atoms with Crippen molar-refractivity contribution in [2.75, 3.05) is 14.2 Å². The van der Waals surface area contributed by atoms with Crippen LogP contribution in [0, 0.1) is 0 Å². The van der Waals surface area contributed by atoms with Gasteiger partial charge < -0.3 is 14.6 Å². The van der Waals surface area contributed by atoms with Gasteiger partial charge >= 0.3 is 0 Å². The molecule has 0 fully saturated rings. The first-order chi connectivity index (χ1) is 9.72. The van der Waals surface area contributed by atoms with E-state index >= 15 is 0 Å². The van der Waals surface area contributed by atoms with Crippen LogP contribution in [0.1, 0.15) is 17.2 Å². The molecule has 0 saturated heterocycles. The number of hydrogen-bond acceptors (Lipinski definition) is 5.